The Hall–Kier alpha value is -4.08. The second-order valence-corrected chi connectivity index (χ2v) is 8.88. The van der Waals surface area contributed by atoms with E-state index >= 15 is 0 Å². The summed E-state index contributed by atoms with van der Waals surface area (Å²) >= 11 is 0. The van der Waals surface area contributed by atoms with Gasteiger partial charge in [-0.15, -0.1) is 0 Å². The van der Waals surface area contributed by atoms with Crippen molar-refractivity contribution in [3.63, 3.8) is 0 Å². The Bertz CT molecular complexity index is 1390. The highest BCUT2D eigenvalue weighted by molar-refractivity contribution is 6.04. The number of benzene rings is 3. The molecule has 2 aliphatic rings. The molecule has 1 fully saturated rings. The van der Waals surface area contributed by atoms with Crippen molar-refractivity contribution >= 4 is 17.4 Å². The summed E-state index contributed by atoms with van der Waals surface area (Å²) in [5.41, 5.74) is 0.0247. The fourth-order valence-corrected chi connectivity index (χ4v) is 4.54. The van der Waals surface area contributed by atoms with Crippen LogP contribution in [-0.2, 0) is 6.18 Å². The van der Waals surface area contributed by atoms with Gasteiger partial charge in [-0.25, -0.2) is 9.38 Å². The zero-order valence-corrected chi connectivity index (χ0v) is 20.1. The molecule has 0 N–H and O–H groups in total. The number of nitrogens with zero attached hydrogens (tertiary/aromatic N) is 3. The number of carbonyl (C=O) groups excluding carboxylic acids is 1. The number of alkyl halides is 3. The second-order valence-electron chi connectivity index (χ2n) is 8.88. The lowest BCUT2D eigenvalue weighted by Gasteiger charge is -2.41. The Morgan fingerprint density at radius 2 is 1.84 bits per heavy atom. The summed E-state index contributed by atoms with van der Waals surface area (Å²) in [5, 5.41) is 0. The molecule has 0 aromatic heterocycles. The van der Waals surface area contributed by atoms with Crippen molar-refractivity contribution in [1.29, 1.82) is 0 Å². The van der Waals surface area contributed by atoms with Crippen molar-refractivity contribution in [2.24, 2.45) is 4.99 Å². The first kappa shape index (κ1) is 24.6. The standard InChI is InChI=1S/C27H23F4N3O3/c1-16-15-33(10-11-34(16)26(35)17-4-3-5-19(28)12-17)25-21-14-20(36-2)7-9-23(21)37-24-8-6-18(27(29,30)31)13-22(24)32-25/h3-9,12-14,16H,10-11,15H2,1-2H3/t16-/m1/s1. The van der Waals surface area contributed by atoms with E-state index < -0.39 is 17.6 Å². The van der Waals surface area contributed by atoms with Gasteiger partial charge in [0.25, 0.3) is 5.91 Å². The molecule has 0 spiro atoms. The minimum absolute atomic E-state index is 0.0471. The fraction of sp³-hybridized carbons (Fsp3) is 0.259. The van der Waals surface area contributed by atoms with E-state index in [0.29, 0.717) is 42.5 Å². The van der Waals surface area contributed by atoms with E-state index in [-0.39, 0.29) is 28.9 Å². The quantitative estimate of drug-likeness (QED) is 0.402. The van der Waals surface area contributed by atoms with Crippen LogP contribution in [0.3, 0.4) is 0 Å². The molecule has 2 aliphatic heterocycles. The lowest BCUT2D eigenvalue weighted by atomic mass is 10.1. The van der Waals surface area contributed by atoms with Crippen molar-refractivity contribution in [3.8, 4) is 17.2 Å². The number of rotatable bonds is 2. The first-order valence-corrected chi connectivity index (χ1v) is 11.6. The maximum atomic E-state index is 13.7. The van der Waals surface area contributed by atoms with Crippen molar-refractivity contribution in [1.82, 2.24) is 9.80 Å². The van der Waals surface area contributed by atoms with Crippen LogP contribution in [0.2, 0.25) is 0 Å². The van der Waals surface area contributed by atoms with Gasteiger partial charge >= 0.3 is 6.18 Å². The molecule has 0 radical (unpaired) electrons. The highest BCUT2D eigenvalue weighted by Crippen LogP contribution is 2.42. The average Bonchev–Trinajstić information content (AvgIpc) is 3.03. The van der Waals surface area contributed by atoms with Crippen molar-refractivity contribution in [2.75, 3.05) is 26.7 Å². The molecular formula is C27H23F4N3O3. The van der Waals surface area contributed by atoms with E-state index in [2.05, 4.69) is 4.99 Å². The van der Waals surface area contributed by atoms with Gasteiger partial charge in [0.15, 0.2) is 5.75 Å². The number of piperazine rings is 1. The number of amides is 1. The fourth-order valence-electron chi connectivity index (χ4n) is 4.54. The molecule has 0 aliphatic carbocycles. The molecule has 10 heteroatoms. The second kappa shape index (κ2) is 9.42. The summed E-state index contributed by atoms with van der Waals surface area (Å²) in [6.07, 6.45) is -4.54. The number of aliphatic imine (C=N–C) groups is 1. The SMILES string of the molecule is COc1ccc2c(c1)C(N1CCN(C(=O)c3cccc(F)c3)[C@H](C)C1)=Nc1cc(C(F)(F)F)ccc1O2. The molecule has 3 aromatic rings. The maximum absolute atomic E-state index is 13.7. The van der Waals surface area contributed by atoms with Crippen LogP contribution >= 0.6 is 0 Å². The maximum Gasteiger partial charge on any atom is 0.416 e. The monoisotopic (exact) mass is 513 g/mol. The topological polar surface area (TPSA) is 54.4 Å². The largest absolute Gasteiger partial charge is 0.497 e. The number of carbonyl (C=O) groups is 1. The normalized spacial score (nSPS) is 17.2. The molecule has 37 heavy (non-hydrogen) atoms. The number of ether oxygens (including phenoxy) is 2. The summed E-state index contributed by atoms with van der Waals surface area (Å²) in [6, 6.07) is 13.5. The third kappa shape index (κ3) is 4.83. The number of amidine groups is 1. The predicted octanol–water partition coefficient (Wildman–Crippen LogP) is 5.88. The third-order valence-electron chi connectivity index (χ3n) is 6.42. The summed E-state index contributed by atoms with van der Waals surface area (Å²) in [5.74, 6) is 0.778. The number of halogens is 4. The summed E-state index contributed by atoms with van der Waals surface area (Å²) in [4.78, 5) is 21.2. The first-order chi connectivity index (χ1) is 17.6. The first-order valence-electron chi connectivity index (χ1n) is 11.6. The van der Waals surface area contributed by atoms with Crippen molar-refractivity contribution in [3.05, 3.63) is 83.2 Å². The van der Waals surface area contributed by atoms with Crippen LogP contribution in [0.15, 0.2) is 65.7 Å². The Balaban J connectivity index is 1.51. The number of hydrogen-bond acceptors (Lipinski definition) is 5. The Morgan fingerprint density at radius 3 is 2.54 bits per heavy atom. The molecule has 1 saturated heterocycles. The zero-order valence-electron chi connectivity index (χ0n) is 20.1. The molecule has 3 aromatic carbocycles. The Kier molecular flexibility index (Phi) is 6.26. The van der Waals surface area contributed by atoms with E-state index in [1.54, 1.807) is 29.2 Å². The van der Waals surface area contributed by atoms with E-state index in [1.807, 2.05) is 11.8 Å². The van der Waals surface area contributed by atoms with Crippen LogP contribution in [0, 0.1) is 5.82 Å². The minimum atomic E-state index is -4.54. The molecule has 1 atom stereocenters. The number of fused-ring (bicyclic) bond motifs is 2. The lowest BCUT2D eigenvalue weighted by molar-refractivity contribution is -0.137. The highest BCUT2D eigenvalue weighted by Gasteiger charge is 2.34. The summed E-state index contributed by atoms with van der Waals surface area (Å²) in [6.45, 7) is 2.88. The average molecular weight is 513 g/mol. The van der Waals surface area contributed by atoms with Crippen molar-refractivity contribution < 1.29 is 31.8 Å². The van der Waals surface area contributed by atoms with Gasteiger partial charge in [0.05, 0.1) is 18.2 Å². The van der Waals surface area contributed by atoms with Gasteiger partial charge in [-0.2, -0.15) is 13.2 Å². The molecule has 0 unspecified atom stereocenters. The molecule has 0 saturated carbocycles. The molecular weight excluding hydrogens is 490 g/mol. The van der Waals surface area contributed by atoms with E-state index in [4.69, 9.17) is 9.47 Å². The highest BCUT2D eigenvalue weighted by atomic mass is 19.4. The molecule has 1 amide bonds. The van der Waals surface area contributed by atoms with E-state index in [0.717, 1.165) is 12.1 Å². The van der Waals surface area contributed by atoms with E-state index in [1.165, 1.54) is 31.4 Å². The summed E-state index contributed by atoms with van der Waals surface area (Å²) < 4.78 is 65.3. The Labute approximate surface area is 210 Å². The molecule has 0 bridgehead atoms. The van der Waals surface area contributed by atoms with Crippen LogP contribution in [-0.4, -0.2) is 54.3 Å². The van der Waals surface area contributed by atoms with Crippen LogP contribution in [0.4, 0.5) is 23.2 Å². The molecule has 192 valence electrons. The smallest absolute Gasteiger partial charge is 0.416 e. The van der Waals surface area contributed by atoms with Gasteiger partial charge in [0.1, 0.15) is 28.8 Å². The van der Waals surface area contributed by atoms with Crippen LogP contribution in [0.1, 0.15) is 28.4 Å². The molecule has 2 heterocycles. The van der Waals surface area contributed by atoms with Crippen LogP contribution in [0.5, 0.6) is 17.2 Å². The van der Waals surface area contributed by atoms with Gasteiger partial charge < -0.3 is 19.3 Å². The van der Waals surface area contributed by atoms with Gasteiger partial charge in [-0.3, -0.25) is 4.79 Å². The predicted molar refractivity (Wildman–Crippen MR) is 129 cm³/mol. The van der Waals surface area contributed by atoms with Gasteiger partial charge in [0.2, 0.25) is 0 Å². The van der Waals surface area contributed by atoms with Crippen LogP contribution < -0.4 is 9.47 Å². The number of methoxy groups -OCH3 is 1. The van der Waals surface area contributed by atoms with Gasteiger partial charge in [0, 0.05) is 31.2 Å². The van der Waals surface area contributed by atoms with Crippen molar-refractivity contribution in [2.45, 2.75) is 19.1 Å². The van der Waals surface area contributed by atoms with Crippen LogP contribution in [0.25, 0.3) is 0 Å². The lowest BCUT2D eigenvalue weighted by Crippen LogP contribution is -2.55. The third-order valence-corrected chi connectivity index (χ3v) is 6.42. The van der Waals surface area contributed by atoms with Gasteiger partial charge in [-0.05, 0) is 61.5 Å². The minimum Gasteiger partial charge on any atom is -0.497 e. The number of hydrogen-bond donors (Lipinski definition) is 0. The van der Waals surface area contributed by atoms with Gasteiger partial charge in [-0.1, -0.05) is 6.07 Å². The molecule has 5 rings (SSSR count). The zero-order chi connectivity index (χ0) is 26.3. The molecule has 6 nitrogen and oxygen atoms in total. The van der Waals surface area contributed by atoms with E-state index in [9.17, 15) is 22.4 Å². The summed E-state index contributed by atoms with van der Waals surface area (Å²) in [7, 11) is 1.51. The Morgan fingerprint density at radius 1 is 1.05 bits per heavy atom.